The van der Waals surface area contributed by atoms with E-state index >= 15 is 0 Å². The van der Waals surface area contributed by atoms with Crippen LogP contribution in [0.1, 0.15) is 12.5 Å². The first-order chi connectivity index (χ1) is 5.15. The monoisotopic (exact) mass is 171 g/mol. The van der Waals surface area contributed by atoms with Crippen LogP contribution in [0.5, 0.6) is 5.75 Å². The highest BCUT2D eigenvalue weighted by Crippen LogP contribution is 2.28. The molecule has 0 saturated carbocycles. The number of benzene rings is 1. The third-order valence-electron chi connectivity index (χ3n) is 1.58. The molecule has 3 heteroatoms. The average Bonchev–Trinajstić information content (AvgIpc) is 1.97. The summed E-state index contributed by atoms with van der Waals surface area (Å²) in [5.41, 5.74) is 6.80. The number of nitrogens with two attached hydrogens (primary N) is 1. The zero-order valence-electron chi connectivity index (χ0n) is 6.26. The number of nitrogen functional groups attached to an aromatic ring is 1. The maximum Gasteiger partial charge on any atom is 0.139 e. The minimum absolute atomic E-state index is 0.0483. The van der Waals surface area contributed by atoms with Gasteiger partial charge in [-0.15, -0.1) is 0 Å². The van der Waals surface area contributed by atoms with Crippen molar-refractivity contribution >= 4 is 17.3 Å². The van der Waals surface area contributed by atoms with E-state index in [0.29, 0.717) is 10.7 Å². The second-order valence-electron chi connectivity index (χ2n) is 2.36. The van der Waals surface area contributed by atoms with Gasteiger partial charge in [0.2, 0.25) is 0 Å². The molecular formula is C8H10ClNO. The van der Waals surface area contributed by atoms with Gasteiger partial charge in [0, 0.05) is 11.1 Å². The molecular weight excluding hydrogens is 162 g/mol. The molecule has 11 heavy (non-hydrogen) atoms. The van der Waals surface area contributed by atoms with E-state index in [9.17, 15) is 0 Å². The summed E-state index contributed by atoms with van der Waals surface area (Å²) in [4.78, 5) is 0. The van der Waals surface area contributed by atoms with E-state index in [1.165, 1.54) is 6.07 Å². The van der Waals surface area contributed by atoms with Gasteiger partial charge in [-0.05, 0) is 18.1 Å². The number of hydrogen-bond acceptors (Lipinski definition) is 2. The molecule has 1 rings (SSSR count). The Kier molecular flexibility index (Phi) is 2.25. The topological polar surface area (TPSA) is 46.2 Å². The lowest BCUT2D eigenvalue weighted by Crippen LogP contribution is -1.89. The highest BCUT2D eigenvalue weighted by molar-refractivity contribution is 6.31. The summed E-state index contributed by atoms with van der Waals surface area (Å²) in [7, 11) is 0. The molecule has 0 spiro atoms. The molecule has 0 aromatic heterocycles. The summed E-state index contributed by atoms with van der Waals surface area (Å²) < 4.78 is 0. The van der Waals surface area contributed by atoms with Crippen molar-refractivity contribution in [1.29, 1.82) is 0 Å². The molecule has 0 unspecified atom stereocenters. The van der Waals surface area contributed by atoms with E-state index in [2.05, 4.69) is 0 Å². The molecule has 60 valence electrons. The van der Waals surface area contributed by atoms with Gasteiger partial charge >= 0.3 is 0 Å². The Hall–Kier alpha value is -0.890. The first kappa shape index (κ1) is 8.21. The Bertz CT molecular complexity index is 273. The molecule has 0 bridgehead atoms. The Balaban J connectivity index is 3.21. The fraction of sp³-hybridized carbons (Fsp3) is 0.250. The molecule has 3 N–H and O–H groups in total. The second-order valence-corrected chi connectivity index (χ2v) is 2.76. The SMILES string of the molecule is CCc1cc(N)c(O)cc1Cl. The lowest BCUT2D eigenvalue weighted by molar-refractivity contribution is 0.478. The van der Waals surface area contributed by atoms with Crippen molar-refractivity contribution in [3.63, 3.8) is 0 Å². The predicted octanol–water partition coefficient (Wildman–Crippen LogP) is 2.19. The summed E-state index contributed by atoms with van der Waals surface area (Å²) in [6.45, 7) is 1.98. The van der Waals surface area contributed by atoms with Crippen molar-refractivity contribution in [3.8, 4) is 5.75 Å². The molecule has 1 aromatic rings. The Labute approximate surface area is 70.6 Å². The molecule has 2 nitrogen and oxygen atoms in total. The minimum atomic E-state index is 0.0483. The maximum atomic E-state index is 9.11. The maximum absolute atomic E-state index is 9.11. The van der Waals surface area contributed by atoms with Crippen LogP contribution in [0, 0.1) is 0 Å². The standard InChI is InChI=1S/C8H10ClNO/c1-2-5-3-7(10)8(11)4-6(5)9/h3-4,11H,2,10H2,1H3. The third kappa shape index (κ3) is 1.57. The van der Waals surface area contributed by atoms with Gasteiger partial charge in [-0.1, -0.05) is 18.5 Å². The lowest BCUT2D eigenvalue weighted by Gasteiger charge is -2.03. The highest BCUT2D eigenvalue weighted by atomic mass is 35.5. The van der Waals surface area contributed by atoms with Crippen LogP contribution in [0.2, 0.25) is 5.02 Å². The molecule has 0 radical (unpaired) electrons. The summed E-state index contributed by atoms with van der Waals surface area (Å²) in [6, 6.07) is 3.16. The van der Waals surface area contributed by atoms with Crippen LogP contribution in [0.3, 0.4) is 0 Å². The van der Waals surface area contributed by atoms with Crippen molar-refractivity contribution in [2.24, 2.45) is 0 Å². The number of hydrogen-bond donors (Lipinski definition) is 2. The van der Waals surface area contributed by atoms with Crippen LogP contribution < -0.4 is 5.73 Å². The van der Waals surface area contributed by atoms with Gasteiger partial charge in [0.05, 0.1) is 5.69 Å². The highest BCUT2D eigenvalue weighted by Gasteiger charge is 2.02. The number of aryl methyl sites for hydroxylation is 1. The largest absolute Gasteiger partial charge is 0.506 e. The fourth-order valence-corrected chi connectivity index (χ4v) is 1.19. The number of halogens is 1. The van der Waals surface area contributed by atoms with E-state index in [0.717, 1.165) is 12.0 Å². The molecule has 0 saturated heterocycles. The summed E-state index contributed by atoms with van der Waals surface area (Å²) in [5, 5.41) is 9.68. The van der Waals surface area contributed by atoms with Crippen molar-refractivity contribution in [2.75, 3.05) is 5.73 Å². The van der Waals surface area contributed by atoms with Crippen LogP contribution in [-0.2, 0) is 6.42 Å². The van der Waals surface area contributed by atoms with Crippen LogP contribution in [-0.4, -0.2) is 5.11 Å². The number of phenols is 1. The van der Waals surface area contributed by atoms with E-state index < -0.39 is 0 Å². The lowest BCUT2D eigenvalue weighted by atomic mass is 10.1. The normalized spacial score (nSPS) is 10.0. The number of aromatic hydroxyl groups is 1. The summed E-state index contributed by atoms with van der Waals surface area (Å²) in [6.07, 6.45) is 0.823. The van der Waals surface area contributed by atoms with Crippen molar-refractivity contribution < 1.29 is 5.11 Å². The fourth-order valence-electron chi connectivity index (χ4n) is 0.898. The van der Waals surface area contributed by atoms with Crippen molar-refractivity contribution in [2.45, 2.75) is 13.3 Å². The molecule has 0 aliphatic heterocycles. The van der Waals surface area contributed by atoms with Gasteiger partial charge in [-0.3, -0.25) is 0 Å². The quantitative estimate of drug-likeness (QED) is 0.503. The van der Waals surface area contributed by atoms with Gasteiger partial charge < -0.3 is 10.8 Å². The molecule has 0 amide bonds. The summed E-state index contributed by atoms with van der Waals surface area (Å²) >= 11 is 5.79. The molecule has 0 heterocycles. The Morgan fingerprint density at radius 3 is 2.73 bits per heavy atom. The first-order valence-electron chi connectivity index (χ1n) is 3.42. The van der Waals surface area contributed by atoms with E-state index in [4.69, 9.17) is 22.4 Å². The molecule has 0 aliphatic carbocycles. The van der Waals surface area contributed by atoms with Crippen LogP contribution in [0.15, 0.2) is 12.1 Å². The number of phenolic OH excluding ortho intramolecular Hbond substituents is 1. The molecule has 0 aliphatic rings. The average molecular weight is 172 g/mol. The molecule has 0 fully saturated rings. The van der Waals surface area contributed by atoms with Crippen LogP contribution in [0.25, 0.3) is 0 Å². The second kappa shape index (κ2) is 3.01. The van der Waals surface area contributed by atoms with Crippen LogP contribution in [0.4, 0.5) is 5.69 Å². The number of rotatable bonds is 1. The van der Waals surface area contributed by atoms with Crippen LogP contribution >= 0.6 is 11.6 Å². The zero-order valence-corrected chi connectivity index (χ0v) is 7.02. The smallest absolute Gasteiger partial charge is 0.139 e. The van der Waals surface area contributed by atoms with E-state index in [1.807, 2.05) is 6.92 Å². The van der Waals surface area contributed by atoms with Gasteiger partial charge in [0.1, 0.15) is 5.75 Å². The zero-order chi connectivity index (χ0) is 8.43. The molecule has 1 aromatic carbocycles. The van der Waals surface area contributed by atoms with Crippen molar-refractivity contribution in [1.82, 2.24) is 0 Å². The van der Waals surface area contributed by atoms with Gasteiger partial charge in [-0.25, -0.2) is 0 Å². The van der Waals surface area contributed by atoms with Gasteiger partial charge in [-0.2, -0.15) is 0 Å². The van der Waals surface area contributed by atoms with E-state index in [1.54, 1.807) is 6.07 Å². The van der Waals surface area contributed by atoms with E-state index in [-0.39, 0.29) is 5.75 Å². The first-order valence-corrected chi connectivity index (χ1v) is 3.79. The van der Waals surface area contributed by atoms with Crippen molar-refractivity contribution in [3.05, 3.63) is 22.7 Å². The minimum Gasteiger partial charge on any atom is -0.506 e. The third-order valence-corrected chi connectivity index (χ3v) is 1.93. The van der Waals surface area contributed by atoms with Gasteiger partial charge in [0.25, 0.3) is 0 Å². The Morgan fingerprint density at radius 2 is 2.18 bits per heavy atom. The Morgan fingerprint density at radius 1 is 1.55 bits per heavy atom. The van der Waals surface area contributed by atoms with Gasteiger partial charge in [0.15, 0.2) is 0 Å². The molecule has 0 atom stereocenters. The predicted molar refractivity (Wildman–Crippen MR) is 46.9 cm³/mol. The number of anilines is 1. The summed E-state index contributed by atoms with van der Waals surface area (Å²) in [5.74, 6) is 0.0483.